The predicted molar refractivity (Wildman–Crippen MR) is 52.9 cm³/mol. The van der Waals surface area contributed by atoms with E-state index in [0.717, 1.165) is 11.5 Å². The van der Waals surface area contributed by atoms with Crippen LogP contribution in [0.25, 0.3) is 0 Å². The van der Waals surface area contributed by atoms with Crippen LogP contribution in [0.1, 0.15) is 41.0 Å². The maximum Gasteiger partial charge on any atom is 0.160 e. The average molecular weight is 174 g/mol. The lowest BCUT2D eigenvalue weighted by Crippen LogP contribution is -2.23. The Kier molecular flexibility index (Phi) is 4.01. The van der Waals surface area contributed by atoms with Crippen LogP contribution in [-0.2, 0) is 4.74 Å². The molecular formula is C9H18OS. The van der Waals surface area contributed by atoms with Crippen molar-refractivity contribution < 1.29 is 4.74 Å². The molecule has 0 aromatic heterocycles. The molecule has 0 amide bonds. The van der Waals surface area contributed by atoms with E-state index in [0.29, 0.717) is 5.92 Å². The van der Waals surface area contributed by atoms with Gasteiger partial charge in [-0.3, -0.25) is 0 Å². The Balaban J connectivity index is 3.71. The fourth-order valence-electron chi connectivity index (χ4n) is 0.717. The van der Waals surface area contributed by atoms with Crippen LogP contribution < -0.4 is 0 Å². The lowest BCUT2D eigenvalue weighted by molar-refractivity contribution is 0.116. The van der Waals surface area contributed by atoms with Gasteiger partial charge in [-0.05, 0) is 38.9 Å². The third-order valence-electron chi connectivity index (χ3n) is 0.995. The van der Waals surface area contributed by atoms with E-state index in [1.54, 1.807) is 0 Å². The van der Waals surface area contributed by atoms with Crippen molar-refractivity contribution in [3.8, 4) is 0 Å². The maximum absolute atomic E-state index is 5.48. The molecule has 0 rings (SSSR count). The van der Waals surface area contributed by atoms with Crippen LogP contribution in [0.5, 0.6) is 0 Å². The van der Waals surface area contributed by atoms with E-state index in [9.17, 15) is 0 Å². The Labute approximate surface area is 75.1 Å². The van der Waals surface area contributed by atoms with Crippen molar-refractivity contribution in [2.45, 2.75) is 46.6 Å². The Morgan fingerprint density at radius 2 is 1.82 bits per heavy atom. The lowest BCUT2D eigenvalue weighted by atomic mass is 10.1. The molecule has 0 atom stereocenters. The molecule has 0 N–H and O–H groups in total. The summed E-state index contributed by atoms with van der Waals surface area (Å²) in [7, 11) is 0. The molecule has 66 valence electrons. The topological polar surface area (TPSA) is 9.23 Å². The SMILES string of the molecule is CC(C)CC(=S)OC(C)(C)C. The van der Waals surface area contributed by atoms with E-state index >= 15 is 0 Å². The zero-order valence-electron chi connectivity index (χ0n) is 8.10. The van der Waals surface area contributed by atoms with Crippen LogP contribution in [-0.4, -0.2) is 10.7 Å². The quantitative estimate of drug-likeness (QED) is 0.595. The van der Waals surface area contributed by atoms with Crippen molar-refractivity contribution in [3.63, 3.8) is 0 Å². The van der Waals surface area contributed by atoms with Crippen molar-refractivity contribution >= 4 is 17.3 Å². The number of ether oxygens (including phenoxy) is 1. The standard InChI is InChI=1S/C9H18OS/c1-7(2)6-8(11)10-9(3,4)5/h7H,6H2,1-5H3. The fourth-order valence-corrected chi connectivity index (χ4v) is 1.30. The zero-order chi connectivity index (χ0) is 9.07. The number of hydrogen-bond donors (Lipinski definition) is 0. The minimum absolute atomic E-state index is 0.133. The normalized spacial score (nSPS) is 11.8. The molecule has 0 radical (unpaired) electrons. The van der Waals surface area contributed by atoms with Gasteiger partial charge in [-0.25, -0.2) is 0 Å². The summed E-state index contributed by atoms with van der Waals surface area (Å²) in [5, 5.41) is 0.729. The van der Waals surface area contributed by atoms with Crippen LogP contribution in [0.15, 0.2) is 0 Å². The van der Waals surface area contributed by atoms with Gasteiger partial charge in [0, 0.05) is 6.42 Å². The molecule has 0 fully saturated rings. The first-order chi connectivity index (χ1) is 4.81. The summed E-state index contributed by atoms with van der Waals surface area (Å²) in [6.07, 6.45) is 0.882. The number of thiocarbonyl (C=S) groups is 1. The molecule has 0 bridgehead atoms. The van der Waals surface area contributed by atoms with Crippen LogP contribution in [0, 0.1) is 5.92 Å². The molecule has 0 aromatic carbocycles. The van der Waals surface area contributed by atoms with E-state index in [-0.39, 0.29) is 5.60 Å². The summed E-state index contributed by atoms with van der Waals surface area (Å²) >= 11 is 5.06. The summed E-state index contributed by atoms with van der Waals surface area (Å²) in [5.74, 6) is 0.588. The molecule has 0 aliphatic carbocycles. The summed E-state index contributed by atoms with van der Waals surface area (Å²) in [6, 6.07) is 0. The van der Waals surface area contributed by atoms with Gasteiger partial charge in [-0.15, -0.1) is 0 Å². The molecule has 2 heteroatoms. The van der Waals surface area contributed by atoms with E-state index in [1.807, 2.05) is 20.8 Å². The van der Waals surface area contributed by atoms with Crippen molar-refractivity contribution in [3.05, 3.63) is 0 Å². The Hall–Kier alpha value is -0.110. The van der Waals surface area contributed by atoms with E-state index in [1.165, 1.54) is 0 Å². The molecule has 0 aliphatic heterocycles. The Morgan fingerprint density at radius 1 is 1.36 bits per heavy atom. The second kappa shape index (κ2) is 4.05. The third-order valence-corrected chi connectivity index (χ3v) is 1.24. The van der Waals surface area contributed by atoms with E-state index in [4.69, 9.17) is 17.0 Å². The molecule has 0 aromatic rings. The van der Waals surface area contributed by atoms with E-state index in [2.05, 4.69) is 13.8 Å². The molecule has 0 unspecified atom stereocenters. The molecule has 0 saturated heterocycles. The van der Waals surface area contributed by atoms with Gasteiger partial charge in [0.05, 0.1) is 0 Å². The predicted octanol–water partition coefficient (Wildman–Crippen LogP) is 3.18. The van der Waals surface area contributed by atoms with E-state index < -0.39 is 0 Å². The van der Waals surface area contributed by atoms with Crippen LogP contribution in [0.3, 0.4) is 0 Å². The first-order valence-corrected chi connectivity index (χ1v) is 4.44. The Morgan fingerprint density at radius 3 is 2.09 bits per heavy atom. The molecule has 11 heavy (non-hydrogen) atoms. The van der Waals surface area contributed by atoms with Gasteiger partial charge in [0.15, 0.2) is 5.05 Å². The minimum Gasteiger partial charge on any atom is -0.482 e. The van der Waals surface area contributed by atoms with Gasteiger partial charge in [0.2, 0.25) is 0 Å². The van der Waals surface area contributed by atoms with Gasteiger partial charge in [0.1, 0.15) is 5.60 Å². The maximum atomic E-state index is 5.48. The van der Waals surface area contributed by atoms with Gasteiger partial charge < -0.3 is 4.74 Å². The van der Waals surface area contributed by atoms with Crippen LogP contribution >= 0.6 is 12.2 Å². The average Bonchev–Trinajstić information content (AvgIpc) is 1.53. The third kappa shape index (κ3) is 7.79. The molecule has 0 heterocycles. The molecular weight excluding hydrogens is 156 g/mol. The number of hydrogen-bond acceptors (Lipinski definition) is 2. The first-order valence-electron chi connectivity index (χ1n) is 4.03. The Bertz CT molecular complexity index is 133. The van der Waals surface area contributed by atoms with Crippen molar-refractivity contribution in [2.75, 3.05) is 0 Å². The second-order valence-electron chi connectivity index (χ2n) is 4.18. The molecule has 0 aliphatic rings. The summed E-state index contributed by atoms with van der Waals surface area (Å²) in [4.78, 5) is 0. The van der Waals surface area contributed by atoms with Crippen LogP contribution in [0.2, 0.25) is 0 Å². The molecule has 0 saturated carbocycles. The summed E-state index contributed by atoms with van der Waals surface area (Å²) in [6.45, 7) is 10.3. The van der Waals surface area contributed by atoms with Crippen LogP contribution in [0.4, 0.5) is 0 Å². The highest BCUT2D eigenvalue weighted by Gasteiger charge is 2.13. The number of rotatable bonds is 2. The lowest BCUT2D eigenvalue weighted by Gasteiger charge is -2.22. The summed E-state index contributed by atoms with van der Waals surface area (Å²) in [5.41, 5.74) is -0.133. The largest absolute Gasteiger partial charge is 0.482 e. The monoisotopic (exact) mass is 174 g/mol. The molecule has 0 spiro atoms. The highest BCUT2D eigenvalue weighted by Crippen LogP contribution is 2.12. The van der Waals surface area contributed by atoms with Crippen molar-refractivity contribution in [1.82, 2.24) is 0 Å². The highest BCUT2D eigenvalue weighted by molar-refractivity contribution is 7.80. The highest BCUT2D eigenvalue weighted by atomic mass is 32.1. The summed E-state index contributed by atoms with van der Waals surface area (Å²) < 4.78 is 5.48. The smallest absolute Gasteiger partial charge is 0.160 e. The first kappa shape index (κ1) is 10.9. The van der Waals surface area contributed by atoms with Crippen molar-refractivity contribution in [2.24, 2.45) is 5.92 Å². The van der Waals surface area contributed by atoms with Gasteiger partial charge in [-0.1, -0.05) is 13.8 Å². The molecule has 1 nitrogen and oxygen atoms in total. The minimum atomic E-state index is -0.133. The van der Waals surface area contributed by atoms with Gasteiger partial charge >= 0.3 is 0 Å². The van der Waals surface area contributed by atoms with Gasteiger partial charge in [0.25, 0.3) is 0 Å². The van der Waals surface area contributed by atoms with Gasteiger partial charge in [-0.2, -0.15) is 0 Å². The van der Waals surface area contributed by atoms with Crippen molar-refractivity contribution in [1.29, 1.82) is 0 Å². The fraction of sp³-hybridized carbons (Fsp3) is 0.889. The zero-order valence-corrected chi connectivity index (χ0v) is 8.92. The second-order valence-corrected chi connectivity index (χ2v) is 4.64.